The van der Waals surface area contributed by atoms with E-state index in [1.165, 1.54) is 16.7 Å². The van der Waals surface area contributed by atoms with Gasteiger partial charge in [0.2, 0.25) is 11.8 Å². The van der Waals surface area contributed by atoms with Crippen LogP contribution < -0.4 is 5.32 Å². The highest BCUT2D eigenvalue weighted by atomic mass is 32.2. The molecule has 0 radical (unpaired) electrons. The highest BCUT2D eigenvalue weighted by molar-refractivity contribution is 8.00. The molecule has 1 unspecified atom stereocenters. The van der Waals surface area contributed by atoms with Crippen molar-refractivity contribution < 1.29 is 19.5 Å². The lowest BCUT2D eigenvalue weighted by molar-refractivity contribution is -0.138. The fraction of sp³-hybridized carbons (Fsp3) is 0.357. The number of nitrogens with zero attached hydrogens (tertiary/aromatic N) is 1. The molecular formula is C14H16N2O4S. The number of aliphatic carboxylic acids is 1. The van der Waals surface area contributed by atoms with E-state index in [9.17, 15) is 14.4 Å². The first-order valence-corrected chi connectivity index (χ1v) is 7.61. The minimum atomic E-state index is -0.892. The topological polar surface area (TPSA) is 86.7 Å². The molecule has 0 spiro atoms. The largest absolute Gasteiger partial charge is 0.481 e. The van der Waals surface area contributed by atoms with Crippen LogP contribution in [0, 0.1) is 0 Å². The van der Waals surface area contributed by atoms with E-state index in [1.54, 1.807) is 31.2 Å². The molecule has 7 heteroatoms. The Kier molecular flexibility index (Phi) is 4.85. The lowest BCUT2D eigenvalue weighted by Crippen LogP contribution is -2.34. The van der Waals surface area contributed by atoms with Gasteiger partial charge in [0.15, 0.2) is 0 Å². The van der Waals surface area contributed by atoms with Gasteiger partial charge in [-0.3, -0.25) is 14.4 Å². The zero-order valence-corrected chi connectivity index (χ0v) is 12.4. The van der Waals surface area contributed by atoms with Crippen LogP contribution >= 0.6 is 11.8 Å². The zero-order chi connectivity index (χ0) is 15.4. The number of benzene rings is 1. The maximum atomic E-state index is 11.8. The van der Waals surface area contributed by atoms with Gasteiger partial charge in [0.25, 0.3) is 0 Å². The summed E-state index contributed by atoms with van der Waals surface area (Å²) in [6, 6.07) is 6.66. The number of thioether (sulfide) groups is 1. The summed E-state index contributed by atoms with van der Waals surface area (Å²) in [4.78, 5) is 35.6. The Morgan fingerprint density at radius 2 is 2.05 bits per heavy atom. The first-order chi connectivity index (χ1) is 9.97. The number of amides is 2. The molecule has 112 valence electrons. The average Bonchev–Trinajstić information content (AvgIpc) is 2.84. The lowest BCUT2D eigenvalue weighted by atomic mass is 10.0. The number of nitrogens with one attached hydrogen (secondary N) is 1. The van der Waals surface area contributed by atoms with Gasteiger partial charge in [-0.05, 0) is 24.6 Å². The van der Waals surface area contributed by atoms with E-state index in [2.05, 4.69) is 5.32 Å². The molecule has 1 aromatic carbocycles. The summed E-state index contributed by atoms with van der Waals surface area (Å²) in [7, 11) is 0. The Bertz CT molecular complexity index is 559. The fourth-order valence-electron chi connectivity index (χ4n) is 1.91. The smallest absolute Gasteiger partial charge is 0.310 e. The van der Waals surface area contributed by atoms with Crippen LogP contribution in [0.2, 0.25) is 0 Å². The van der Waals surface area contributed by atoms with Gasteiger partial charge < -0.3 is 15.3 Å². The Morgan fingerprint density at radius 3 is 2.57 bits per heavy atom. The number of carbonyl (C=O) groups excluding carboxylic acids is 2. The molecule has 1 aromatic rings. The number of rotatable bonds is 5. The monoisotopic (exact) mass is 308 g/mol. The van der Waals surface area contributed by atoms with Crippen molar-refractivity contribution in [3.8, 4) is 0 Å². The van der Waals surface area contributed by atoms with Crippen molar-refractivity contribution >= 4 is 35.2 Å². The number of carboxylic acids is 1. The molecule has 1 heterocycles. The molecule has 2 amide bonds. The summed E-state index contributed by atoms with van der Waals surface area (Å²) in [6.07, 6.45) is 0. The van der Waals surface area contributed by atoms with Crippen LogP contribution in [0.3, 0.4) is 0 Å². The first-order valence-electron chi connectivity index (χ1n) is 6.45. The maximum absolute atomic E-state index is 11.8. The Balaban J connectivity index is 1.92. The third-order valence-corrected chi connectivity index (χ3v) is 4.17. The maximum Gasteiger partial charge on any atom is 0.310 e. The Labute approximate surface area is 126 Å². The van der Waals surface area contributed by atoms with E-state index >= 15 is 0 Å². The molecule has 1 aliphatic heterocycles. The molecule has 0 aliphatic carbocycles. The van der Waals surface area contributed by atoms with Gasteiger partial charge >= 0.3 is 5.97 Å². The SMILES string of the molecule is CC(C(=O)O)c1ccc(NC(=O)CN2CSCC2=O)cc1. The lowest BCUT2D eigenvalue weighted by Gasteiger charge is -2.14. The molecule has 1 aliphatic rings. The fourth-order valence-corrected chi connectivity index (χ4v) is 2.82. The van der Waals surface area contributed by atoms with Gasteiger partial charge in [0.1, 0.15) is 6.54 Å². The third kappa shape index (κ3) is 3.98. The number of carboxylic acid groups (broad SMARTS) is 1. The van der Waals surface area contributed by atoms with Crippen LogP contribution in [0.5, 0.6) is 0 Å². The van der Waals surface area contributed by atoms with Gasteiger partial charge in [0.05, 0.1) is 17.5 Å². The number of anilines is 1. The quantitative estimate of drug-likeness (QED) is 0.857. The molecule has 0 saturated carbocycles. The summed E-state index contributed by atoms with van der Waals surface area (Å²) in [5.74, 6) is -0.799. The van der Waals surface area contributed by atoms with Crippen molar-refractivity contribution in [1.29, 1.82) is 0 Å². The predicted molar refractivity (Wildman–Crippen MR) is 80.2 cm³/mol. The highest BCUT2D eigenvalue weighted by Crippen LogP contribution is 2.19. The van der Waals surface area contributed by atoms with Crippen LogP contribution in [-0.2, 0) is 14.4 Å². The van der Waals surface area contributed by atoms with Crippen molar-refractivity contribution in [2.45, 2.75) is 12.8 Å². The molecule has 1 saturated heterocycles. The summed E-state index contributed by atoms with van der Waals surface area (Å²) >= 11 is 1.49. The van der Waals surface area contributed by atoms with Crippen molar-refractivity contribution in [2.24, 2.45) is 0 Å². The number of carbonyl (C=O) groups is 3. The molecule has 1 atom stereocenters. The molecule has 21 heavy (non-hydrogen) atoms. The Hall–Kier alpha value is -2.02. The standard InChI is InChI=1S/C14H16N2O4S/c1-9(14(19)20)10-2-4-11(5-3-10)15-12(17)6-16-8-21-7-13(16)18/h2-5,9H,6-8H2,1H3,(H,15,17)(H,19,20). The second-order valence-corrected chi connectivity index (χ2v) is 5.75. The summed E-state index contributed by atoms with van der Waals surface area (Å²) in [5, 5.41) is 11.6. The van der Waals surface area contributed by atoms with E-state index in [0.29, 0.717) is 22.9 Å². The van der Waals surface area contributed by atoms with E-state index in [-0.39, 0.29) is 18.4 Å². The second kappa shape index (κ2) is 6.62. The predicted octanol–water partition coefficient (Wildman–Crippen LogP) is 1.35. The first kappa shape index (κ1) is 15.4. The van der Waals surface area contributed by atoms with Crippen LogP contribution in [0.25, 0.3) is 0 Å². The van der Waals surface area contributed by atoms with Crippen molar-refractivity contribution in [3.63, 3.8) is 0 Å². The van der Waals surface area contributed by atoms with Gasteiger partial charge in [-0.25, -0.2) is 0 Å². The summed E-state index contributed by atoms with van der Waals surface area (Å²) < 4.78 is 0. The molecule has 2 rings (SSSR count). The van der Waals surface area contributed by atoms with Crippen LogP contribution in [-0.4, -0.2) is 46.0 Å². The summed E-state index contributed by atoms with van der Waals surface area (Å²) in [6.45, 7) is 1.64. The minimum Gasteiger partial charge on any atom is -0.481 e. The van der Waals surface area contributed by atoms with Crippen molar-refractivity contribution in [3.05, 3.63) is 29.8 Å². The number of hydrogen-bond acceptors (Lipinski definition) is 4. The van der Waals surface area contributed by atoms with Crippen LogP contribution in [0.15, 0.2) is 24.3 Å². The normalized spacial score (nSPS) is 15.9. The highest BCUT2D eigenvalue weighted by Gasteiger charge is 2.22. The molecule has 1 fully saturated rings. The molecule has 2 N–H and O–H groups in total. The van der Waals surface area contributed by atoms with Crippen molar-refractivity contribution in [2.75, 3.05) is 23.5 Å². The van der Waals surface area contributed by atoms with Gasteiger partial charge in [-0.2, -0.15) is 0 Å². The van der Waals surface area contributed by atoms with Crippen LogP contribution in [0.1, 0.15) is 18.4 Å². The van der Waals surface area contributed by atoms with E-state index < -0.39 is 11.9 Å². The second-order valence-electron chi connectivity index (χ2n) is 4.80. The minimum absolute atomic E-state index is 0.0271. The molecule has 6 nitrogen and oxygen atoms in total. The van der Waals surface area contributed by atoms with E-state index in [4.69, 9.17) is 5.11 Å². The Morgan fingerprint density at radius 1 is 1.38 bits per heavy atom. The van der Waals surface area contributed by atoms with E-state index in [0.717, 1.165) is 0 Å². The summed E-state index contributed by atoms with van der Waals surface area (Å²) in [5.41, 5.74) is 1.26. The van der Waals surface area contributed by atoms with Gasteiger partial charge in [0, 0.05) is 5.69 Å². The molecule has 0 aromatic heterocycles. The molecular weight excluding hydrogens is 292 g/mol. The van der Waals surface area contributed by atoms with Gasteiger partial charge in [-0.1, -0.05) is 12.1 Å². The molecule has 0 bridgehead atoms. The van der Waals surface area contributed by atoms with Gasteiger partial charge in [-0.15, -0.1) is 11.8 Å². The van der Waals surface area contributed by atoms with Crippen molar-refractivity contribution in [1.82, 2.24) is 4.90 Å². The zero-order valence-electron chi connectivity index (χ0n) is 11.5. The number of hydrogen-bond donors (Lipinski definition) is 2. The van der Waals surface area contributed by atoms with E-state index in [1.807, 2.05) is 0 Å². The average molecular weight is 308 g/mol. The third-order valence-electron chi connectivity index (χ3n) is 3.22. The van der Waals surface area contributed by atoms with Crippen LogP contribution in [0.4, 0.5) is 5.69 Å².